The van der Waals surface area contributed by atoms with Crippen LogP contribution in [0.3, 0.4) is 0 Å². The van der Waals surface area contributed by atoms with Gasteiger partial charge < -0.3 is 9.64 Å². The second-order valence-electron chi connectivity index (χ2n) is 3.06. The van der Waals surface area contributed by atoms with Gasteiger partial charge in [0.2, 0.25) is 0 Å². The summed E-state index contributed by atoms with van der Waals surface area (Å²) < 4.78 is 5.75. The van der Waals surface area contributed by atoms with Crippen molar-refractivity contribution in [3.63, 3.8) is 0 Å². The van der Waals surface area contributed by atoms with Gasteiger partial charge in [-0.25, -0.2) is 0 Å². The highest BCUT2D eigenvalue weighted by Crippen LogP contribution is 2.26. The molecule has 0 spiro atoms. The number of allylic oxidation sites excluding steroid dienone is 1. The molecule has 1 heterocycles. The van der Waals surface area contributed by atoms with Crippen LogP contribution >= 0.6 is 22.6 Å². The van der Waals surface area contributed by atoms with Crippen molar-refractivity contribution in [3.8, 4) is 18.4 Å². The Morgan fingerprint density at radius 1 is 1.86 bits per heavy atom. The van der Waals surface area contributed by atoms with Crippen LogP contribution in [-0.2, 0) is 4.74 Å². The summed E-state index contributed by atoms with van der Waals surface area (Å²) in [5.74, 6) is 2.44. The van der Waals surface area contributed by atoms with Crippen molar-refractivity contribution in [1.29, 1.82) is 5.26 Å². The molecule has 0 amide bonds. The number of terminal acetylenes is 1. The van der Waals surface area contributed by atoms with Crippen LogP contribution in [0.4, 0.5) is 0 Å². The number of alkyl halides is 1. The smallest absolute Gasteiger partial charge is 0.143 e. The van der Waals surface area contributed by atoms with E-state index in [9.17, 15) is 0 Å². The zero-order chi connectivity index (χ0) is 10.6. The van der Waals surface area contributed by atoms with Gasteiger partial charge in [0.1, 0.15) is 12.8 Å². The molecule has 0 radical (unpaired) electrons. The van der Waals surface area contributed by atoms with E-state index in [1.165, 1.54) is 0 Å². The normalized spacial score (nSPS) is 26.3. The Morgan fingerprint density at radius 3 is 3.07 bits per heavy atom. The van der Waals surface area contributed by atoms with Crippen molar-refractivity contribution in [3.05, 3.63) is 11.8 Å². The van der Waals surface area contributed by atoms with Gasteiger partial charge in [-0.1, -0.05) is 28.5 Å². The lowest BCUT2D eigenvalue weighted by atomic mass is 10.1. The minimum atomic E-state index is -0.0243. The van der Waals surface area contributed by atoms with Crippen LogP contribution in [0.15, 0.2) is 11.8 Å². The Kier molecular flexibility index (Phi) is 4.24. The minimum absolute atomic E-state index is 0.0243. The maximum atomic E-state index is 8.77. The summed E-state index contributed by atoms with van der Waals surface area (Å²) in [6, 6.07) is 2.16. The Bertz CT molecular complexity index is 313. The highest BCUT2D eigenvalue weighted by Gasteiger charge is 2.27. The average Bonchev–Trinajstić information content (AvgIpc) is 2.16. The number of halogens is 1. The van der Waals surface area contributed by atoms with E-state index < -0.39 is 0 Å². The van der Waals surface area contributed by atoms with E-state index in [2.05, 4.69) is 34.6 Å². The second kappa shape index (κ2) is 5.23. The summed E-state index contributed by atoms with van der Waals surface area (Å²) in [7, 11) is 1.89. The minimum Gasteiger partial charge on any atom is -0.354 e. The maximum absolute atomic E-state index is 8.77. The van der Waals surface area contributed by atoms with Gasteiger partial charge >= 0.3 is 0 Å². The third-order valence-corrected chi connectivity index (χ3v) is 3.02. The third kappa shape index (κ3) is 2.63. The number of ether oxygens (including phenoxy) is 1. The first kappa shape index (κ1) is 11.4. The number of hydrogen-bond donors (Lipinski definition) is 0. The lowest BCUT2D eigenvalue weighted by Crippen LogP contribution is -2.41. The fourth-order valence-electron chi connectivity index (χ4n) is 1.37. The van der Waals surface area contributed by atoms with Crippen LogP contribution in [0.25, 0.3) is 0 Å². The first-order valence-electron chi connectivity index (χ1n) is 4.21. The molecule has 0 aromatic carbocycles. The molecule has 3 nitrogen and oxygen atoms in total. The van der Waals surface area contributed by atoms with Gasteiger partial charge in [-0.2, -0.15) is 5.26 Å². The van der Waals surface area contributed by atoms with Crippen molar-refractivity contribution >= 4 is 22.6 Å². The molecule has 0 unspecified atom stereocenters. The lowest BCUT2D eigenvalue weighted by Gasteiger charge is -2.34. The molecule has 0 saturated heterocycles. The van der Waals surface area contributed by atoms with Crippen LogP contribution in [-0.4, -0.2) is 28.7 Å². The molecule has 0 aromatic heterocycles. The van der Waals surface area contributed by atoms with E-state index in [1.807, 2.05) is 18.1 Å². The lowest BCUT2D eigenvalue weighted by molar-refractivity contribution is -0.0120. The van der Waals surface area contributed by atoms with Gasteiger partial charge in [0, 0.05) is 18.8 Å². The number of rotatable bonds is 2. The van der Waals surface area contributed by atoms with Crippen LogP contribution in [0, 0.1) is 23.7 Å². The predicted molar refractivity (Wildman–Crippen MR) is 62.5 cm³/mol. The molecule has 14 heavy (non-hydrogen) atoms. The molecule has 0 bridgehead atoms. The highest BCUT2D eigenvalue weighted by atomic mass is 127. The Labute approximate surface area is 97.9 Å². The number of nitrogens with zero attached hydrogens (tertiary/aromatic N) is 2. The summed E-state index contributed by atoms with van der Waals surface area (Å²) in [4.78, 5) is 1.90. The molecule has 0 aromatic rings. The highest BCUT2D eigenvalue weighted by molar-refractivity contribution is 14.1. The molecule has 2 atom stereocenters. The quantitative estimate of drug-likeness (QED) is 0.441. The summed E-state index contributed by atoms with van der Waals surface area (Å²) in [6.07, 6.45) is 7.66. The van der Waals surface area contributed by atoms with E-state index in [-0.39, 0.29) is 10.2 Å². The van der Waals surface area contributed by atoms with Crippen LogP contribution in [0.2, 0.25) is 0 Å². The van der Waals surface area contributed by atoms with Crippen molar-refractivity contribution < 1.29 is 4.74 Å². The first-order chi connectivity index (χ1) is 6.69. The summed E-state index contributed by atoms with van der Waals surface area (Å²) in [5, 5.41) is 8.77. The number of nitriles is 1. The Balaban J connectivity index is 2.67. The summed E-state index contributed by atoms with van der Waals surface area (Å²) >= 11 is 2.29. The van der Waals surface area contributed by atoms with E-state index in [1.54, 1.807) is 0 Å². The fraction of sp³-hybridized carbons (Fsp3) is 0.500. The maximum Gasteiger partial charge on any atom is 0.143 e. The van der Waals surface area contributed by atoms with E-state index in [0.717, 1.165) is 12.0 Å². The SMILES string of the molecule is C#CCO[C@@H]1[C@@H](I)CC(C#N)=CN1C. The molecule has 0 N–H and O–H groups in total. The van der Waals surface area contributed by atoms with Crippen LogP contribution in [0.1, 0.15) is 6.42 Å². The number of hydrogen-bond acceptors (Lipinski definition) is 3. The van der Waals surface area contributed by atoms with Crippen molar-refractivity contribution in [1.82, 2.24) is 4.90 Å². The zero-order valence-corrected chi connectivity index (χ0v) is 10.1. The van der Waals surface area contributed by atoms with Crippen LogP contribution in [0.5, 0.6) is 0 Å². The molecule has 1 aliphatic rings. The molecular weight excluding hydrogens is 291 g/mol. The van der Waals surface area contributed by atoms with Gasteiger partial charge in [0.15, 0.2) is 0 Å². The van der Waals surface area contributed by atoms with Gasteiger partial charge in [0.25, 0.3) is 0 Å². The third-order valence-electron chi connectivity index (χ3n) is 1.97. The largest absolute Gasteiger partial charge is 0.354 e. The topological polar surface area (TPSA) is 36.3 Å². The fourth-order valence-corrected chi connectivity index (χ4v) is 2.56. The van der Waals surface area contributed by atoms with Crippen molar-refractivity contribution in [2.24, 2.45) is 0 Å². The average molecular weight is 302 g/mol. The van der Waals surface area contributed by atoms with Crippen LogP contribution < -0.4 is 0 Å². The van der Waals surface area contributed by atoms with E-state index >= 15 is 0 Å². The van der Waals surface area contributed by atoms with Gasteiger partial charge in [0.05, 0.1) is 9.99 Å². The monoisotopic (exact) mass is 302 g/mol. The molecule has 74 valence electrons. The molecule has 0 saturated carbocycles. The first-order valence-corrected chi connectivity index (χ1v) is 5.45. The van der Waals surface area contributed by atoms with Gasteiger partial charge in [-0.05, 0) is 6.42 Å². The van der Waals surface area contributed by atoms with Gasteiger partial charge in [-0.3, -0.25) is 0 Å². The molecular formula is C10H11IN2O. The second-order valence-corrected chi connectivity index (χ2v) is 4.66. The Hall–Kier alpha value is -0.720. The van der Waals surface area contributed by atoms with E-state index in [4.69, 9.17) is 16.4 Å². The Morgan fingerprint density at radius 2 is 2.57 bits per heavy atom. The predicted octanol–water partition coefficient (Wildman–Crippen LogP) is 1.51. The summed E-state index contributed by atoms with van der Waals surface area (Å²) in [5.41, 5.74) is 0.785. The molecule has 0 aliphatic carbocycles. The molecule has 1 rings (SSSR count). The standard InChI is InChI=1S/C10H11IN2O/c1-3-4-14-10-9(11)5-8(6-12)7-13(10)2/h1,7,9-10H,4-5H2,2H3/t9-,10+/m0/s1. The molecule has 4 heteroatoms. The van der Waals surface area contributed by atoms with Crippen molar-refractivity contribution in [2.45, 2.75) is 16.6 Å². The summed E-state index contributed by atoms with van der Waals surface area (Å²) in [6.45, 7) is 0.310. The van der Waals surface area contributed by atoms with Crippen molar-refractivity contribution in [2.75, 3.05) is 13.7 Å². The van der Waals surface area contributed by atoms with Gasteiger partial charge in [-0.15, -0.1) is 6.42 Å². The molecule has 0 fully saturated rings. The van der Waals surface area contributed by atoms with E-state index in [0.29, 0.717) is 6.61 Å². The zero-order valence-electron chi connectivity index (χ0n) is 7.90. The molecule has 1 aliphatic heterocycles.